The average Bonchev–Trinajstić information content (AvgIpc) is 3.41. The van der Waals surface area contributed by atoms with Gasteiger partial charge in [-0.25, -0.2) is 28.2 Å². The molecule has 0 aromatic carbocycles. The summed E-state index contributed by atoms with van der Waals surface area (Å²) in [5, 5.41) is 19.8. The number of fused-ring (bicyclic) bond motifs is 1. The smallest absolute Gasteiger partial charge is 0.355 e. The maximum Gasteiger partial charge on any atom is 0.355 e. The zero-order valence-electron chi connectivity index (χ0n) is 18.0. The van der Waals surface area contributed by atoms with Gasteiger partial charge in [0.25, 0.3) is 11.8 Å². The van der Waals surface area contributed by atoms with E-state index in [1.54, 1.807) is 6.92 Å². The van der Waals surface area contributed by atoms with Crippen molar-refractivity contribution in [2.24, 2.45) is 5.16 Å². The molecule has 2 aliphatic rings. The SMILES string of the molecule is CCCO/N=C(\C(=O)N[C@H]1CN2CC(S(=O)(=O)CCC)=C(C(=O)O)N2C1=O)c1csc(N)n1. The molecule has 13 nitrogen and oxygen atoms in total. The lowest BCUT2D eigenvalue weighted by Crippen LogP contribution is -2.46. The first-order valence-electron chi connectivity index (χ1n) is 10.1. The van der Waals surface area contributed by atoms with Gasteiger partial charge in [-0.2, -0.15) is 0 Å². The second kappa shape index (κ2) is 9.84. The Labute approximate surface area is 193 Å². The van der Waals surface area contributed by atoms with Crippen LogP contribution in [0.4, 0.5) is 5.13 Å². The van der Waals surface area contributed by atoms with Crippen LogP contribution in [0.3, 0.4) is 0 Å². The number of anilines is 1. The number of hydrazine groups is 1. The van der Waals surface area contributed by atoms with Crippen molar-refractivity contribution in [3.63, 3.8) is 0 Å². The van der Waals surface area contributed by atoms with E-state index in [0.29, 0.717) is 12.8 Å². The van der Waals surface area contributed by atoms with Crippen molar-refractivity contribution in [2.75, 3.05) is 31.2 Å². The highest BCUT2D eigenvalue weighted by Gasteiger charge is 2.50. The first-order valence-corrected chi connectivity index (χ1v) is 12.6. The van der Waals surface area contributed by atoms with Crippen LogP contribution >= 0.6 is 11.3 Å². The predicted molar refractivity (Wildman–Crippen MR) is 118 cm³/mol. The lowest BCUT2D eigenvalue weighted by atomic mass is 10.2. The summed E-state index contributed by atoms with van der Waals surface area (Å²) in [6, 6.07) is -1.13. The molecule has 0 aliphatic carbocycles. The summed E-state index contributed by atoms with van der Waals surface area (Å²) in [4.78, 5) is 46.5. The molecule has 0 bridgehead atoms. The molecule has 33 heavy (non-hydrogen) atoms. The Kier molecular flexibility index (Phi) is 7.34. The van der Waals surface area contributed by atoms with Gasteiger partial charge in [0.1, 0.15) is 18.3 Å². The predicted octanol–water partition coefficient (Wildman–Crippen LogP) is -0.465. The highest BCUT2D eigenvalue weighted by atomic mass is 32.2. The second-order valence-corrected chi connectivity index (χ2v) is 10.3. The summed E-state index contributed by atoms with van der Waals surface area (Å²) < 4.78 is 25.0. The minimum Gasteiger partial charge on any atom is -0.476 e. The zero-order chi connectivity index (χ0) is 24.3. The van der Waals surface area contributed by atoms with Gasteiger partial charge in [-0.05, 0) is 12.8 Å². The number of sulfone groups is 1. The number of nitrogen functional groups attached to an aromatic ring is 1. The van der Waals surface area contributed by atoms with E-state index in [1.807, 2.05) is 6.92 Å². The van der Waals surface area contributed by atoms with Crippen LogP contribution in [0.2, 0.25) is 0 Å². The van der Waals surface area contributed by atoms with Gasteiger partial charge >= 0.3 is 5.97 Å². The van der Waals surface area contributed by atoms with Crippen molar-refractivity contribution >= 4 is 49.8 Å². The third-order valence-electron chi connectivity index (χ3n) is 4.77. The van der Waals surface area contributed by atoms with Crippen LogP contribution in [0.5, 0.6) is 0 Å². The van der Waals surface area contributed by atoms with Gasteiger partial charge in [0.15, 0.2) is 26.4 Å². The number of carboxylic acid groups (broad SMARTS) is 1. The number of nitrogens with zero attached hydrogens (tertiary/aromatic N) is 4. The Morgan fingerprint density at radius 1 is 1.39 bits per heavy atom. The van der Waals surface area contributed by atoms with E-state index < -0.39 is 39.4 Å². The molecule has 1 aromatic heterocycles. The average molecular weight is 501 g/mol. The number of aromatic nitrogens is 1. The molecular weight excluding hydrogens is 476 g/mol. The Morgan fingerprint density at radius 3 is 2.70 bits per heavy atom. The van der Waals surface area contributed by atoms with E-state index in [1.165, 1.54) is 10.4 Å². The molecule has 1 aromatic rings. The van der Waals surface area contributed by atoms with Gasteiger partial charge in [-0.3, -0.25) is 9.59 Å². The van der Waals surface area contributed by atoms with E-state index in [4.69, 9.17) is 10.6 Å². The molecule has 1 fully saturated rings. The molecule has 0 radical (unpaired) electrons. The number of carbonyl (C=O) groups is 3. The number of carboxylic acids is 1. The van der Waals surface area contributed by atoms with Gasteiger partial charge in [-0.15, -0.1) is 11.3 Å². The van der Waals surface area contributed by atoms with Gasteiger partial charge in [0.2, 0.25) is 0 Å². The molecule has 180 valence electrons. The molecule has 15 heteroatoms. The lowest BCUT2D eigenvalue weighted by Gasteiger charge is -2.18. The van der Waals surface area contributed by atoms with Crippen LogP contribution in [0, 0.1) is 0 Å². The fraction of sp³-hybridized carbons (Fsp3) is 0.500. The fourth-order valence-electron chi connectivity index (χ4n) is 3.39. The summed E-state index contributed by atoms with van der Waals surface area (Å²) in [7, 11) is -3.85. The van der Waals surface area contributed by atoms with E-state index in [-0.39, 0.29) is 46.9 Å². The Bertz CT molecular complexity index is 1130. The van der Waals surface area contributed by atoms with Crippen molar-refractivity contribution < 1.29 is 32.7 Å². The third kappa shape index (κ3) is 4.99. The maximum absolute atomic E-state index is 13.0. The minimum atomic E-state index is -3.85. The molecule has 1 saturated heterocycles. The standard InChI is InChI=1S/C18H24N6O7S2/c1-3-5-31-22-13(11-9-32-18(19)21-11)15(25)20-10-7-23-8-12(33(29,30)6-4-2)14(17(27)28)24(23)16(10)26/h9-10H,3-8H2,1-2H3,(H2,19,21)(H,20,25)(H,27,28)/b22-13-/t10-/m0/s1. The number of carbonyl (C=O) groups excluding carboxylic acids is 2. The first kappa shape index (κ1) is 24.6. The first-order chi connectivity index (χ1) is 15.6. The molecule has 4 N–H and O–H groups in total. The normalized spacial score (nSPS) is 19.2. The Morgan fingerprint density at radius 2 is 2.12 bits per heavy atom. The molecule has 1 atom stereocenters. The number of amides is 2. The van der Waals surface area contributed by atoms with Crippen molar-refractivity contribution in [3.8, 4) is 0 Å². The van der Waals surface area contributed by atoms with Crippen LogP contribution in [0.25, 0.3) is 0 Å². The molecule has 2 aliphatic heterocycles. The second-order valence-electron chi connectivity index (χ2n) is 7.26. The van der Waals surface area contributed by atoms with Crippen LogP contribution < -0.4 is 11.1 Å². The van der Waals surface area contributed by atoms with Crippen LogP contribution in [-0.4, -0.2) is 83.5 Å². The summed E-state index contributed by atoms with van der Waals surface area (Å²) in [5.74, 6) is -3.31. The number of hydrogen-bond acceptors (Lipinski definition) is 11. The van der Waals surface area contributed by atoms with Gasteiger partial charge in [-0.1, -0.05) is 19.0 Å². The van der Waals surface area contributed by atoms with Crippen molar-refractivity contribution in [2.45, 2.75) is 32.7 Å². The number of hydrogen-bond donors (Lipinski definition) is 3. The Hall–Kier alpha value is -3.04. The number of nitrogens with two attached hydrogens (primary N) is 1. The maximum atomic E-state index is 13.0. The molecule has 2 amide bonds. The van der Waals surface area contributed by atoms with Gasteiger partial charge in [0.05, 0.1) is 17.2 Å². The van der Waals surface area contributed by atoms with Crippen molar-refractivity contribution in [1.29, 1.82) is 0 Å². The number of oxime groups is 1. The van der Waals surface area contributed by atoms with Crippen LogP contribution in [-0.2, 0) is 29.1 Å². The summed E-state index contributed by atoms with van der Waals surface area (Å²) in [6.45, 7) is 3.38. The molecule has 0 spiro atoms. The van der Waals surface area contributed by atoms with E-state index in [0.717, 1.165) is 16.3 Å². The third-order valence-corrected chi connectivity index (χ3v) is 7.46. The highest BCUT2D eigenvalue weighted by Crippen LogP contribution is 2.32. The number of rotatable bonds is 10. The van der Waals surface area contributed by atoms with Gasteiger partial charge < -0.3 is 21.0 Å². The summed E-state index contributed by atoms with van der Waals surface area (Å²) >= 11 is 1.09. The zero-order valence-corrected chi connectivity index (χ0v) is 19.6. The quantitative estimate of drug-likeness (QED) is 0.216. The summed E-state index contributed by atoms with van der Waals surface area (Å²) in [5.41, 5.74) is 5.00. The molecule has 0 saturated carbocycles. The highest BCUT2D eigenvalue weighted by molar-refractivity contribution is 7.95. The monoisotopic (exact) mass is 500 g/mol. The van der Waals surface area contributed by atoms with E-state index in [9.17, 15) is 27.9 Å². The lowest BCUT2D eigenvalue weighted by molar-refractivity contribution is -0.143. The fourth-order valence-corrected chi connectivity index (χ4v) is 5.53. The number of thiazole rings is 1. The van der Waals surface area contributed by atoms with Crippen LogP contribution in [0.1, 0.15) is 32.4 Å². The largest absolute Gasteiger partial charge is 0.476 e. The molecule has 3 rings (SSSR count). The van der Waals surface area contributed by atoms with Crippen molar-refractivity contribution in [3.05, 3.63) is 21.7 Å². The minimum absolute atomic E-state index is 0.116. The summed E-state index contributed by atoms with van der Waals surface area (Å²) in [6.07, 6.45) is 0.949. The molecule has 0 unspecified atom stereocenters. The van der Waals surface area contributed by atoms with E-state index >= 15 is 0 Å². The molecular formula is C18H24N6O7S2. The van der Waals surface area contributed by atoms with Crippen LogP contribution in [0.15, 0.2) is 21.1 Å². The number of aliphatic carboxylic acids is 1. The number of nitrogens with one attached hydrogen (secondary N) is 1. The van der Waals surface area contributed by atoms with Crippen molar-refractivity contribution in [1.82, 2.24) is 20.3 Å². The van der Waals surface area contributed by atoms with Gasteiger partial charge in [0, 0.05) is 11.9 Å². The Balaban J connectivity index is 1.84. The topological polar surface area (TPSA) is 185 Å². The van der Waals surface area contributed by atoms with E-state index in [2.05, 4.69) is 15.5 Å². The molecule has 3 heterocycles.